The Bertz CT molecular complexity index is 509. The van der Waals surface area contributed by atoms with Gasteiger partial charge in [0.2, 0.25) is 0 Å². The molecular formula is C14H19N3. The first-order valence-corrected chi connectivity index (χ1v) is 6.56. The van der Waals surface area contributed by atoms with E-state index in [-0.39, 0.29) is 0 Å². The highest BCUT2D eigenvalue weighted by Crippen LogP contribution is 2.25. The molecule has 0 unspecified atom stereocenters. The van der Waals surface area contributed by atoms with Crippen LogP contribution in [0, 0.1) is 0 Å². The van der Waals surface area contributed by atoms with Crippen LogP contribution in [0.15, 0.2) is 24.3 Å². The normalized spacial score (nSPS) is 20.9. The average Bonchev–Trinajstić information content (AvgIpc) is 2.78. The van der Waals surface area contributed by atoms with E-state index in [9.17, 15) is 0 Å². The summed E-state index contributed by atoms with van der Waals surface area (Å²) in [6.07, 6.45) is 3.53. The minimum atomic E-state index is 0.575. The summed E-state index contributed by atoms with van der Waals surface area (Å²) in [6.45, 7) is 4.42. The smallest absolute Gasteiger partial charge is 0.109 e. The summed E-state index contributed by atoms with van der Waals surface area (Å²) in [7, 11) is 0. The Morgan fingerprint density at radius 2 is 2.29 bits per heavy atom. The molecule has 0 aliphatic carbocycles. The molecule has 0 spiro atoms. The second kappa shape index (κ2) is 4.49. The van der Waals surface area contributed by atoms with Crippen LogP contribution in [0.25, 0.3) is 11.0 Å². The van der Waals surface area contributed by atoms with Crippen molar-refractivity contribution in [2.24, 2.45) is 0 Å². The van der Waals surface area contributed by atoms with Crippen molar-refractivity contribution in [2.45, 2.75) is 32.2 Å². The Labute approximate surface area is 102 Å². The highest BCUT2D eigenvalue weighted by atomic mass is 15.1. The van der Waals surface area contributed by atoms with E-state index in [1.165, 1.54) is 24.2 Å². The molecule has 1 aromatic carbocycles. The van der Waals surface area contributed by atoms with Gasteiger partial charge in [-0.2, -0.15) is 0 Å². The van der Waals surface area contributed by atoms with Crippen LogP contribution in [0.4, 0.5) is 0 Å². The number of rotatable bonds is 2. The van der Waals surface area contributed by atoms with Crippen LogP contribution in [0.2, 0.25) is 0 Å². The van der Waals surface area contributed by atoms with Crippen LogP contribution in [0.5, 0.6) is 0 Å². The van der Waals surface area contributed by atoms with Gasteiger partial charge in [0.25, 0.3) is 0 Å². The topological polar surface area (TPSA) is 29.9 Å². The molecule has 0 amide bonds. The van der Waals surface area contributed by atoms with Crippen molar-refractivity contribution >= 4 is 11.0 Å². The Hall–Kier alpha value is -1.35. The maximum absolute atomic E-state index is 4.74. The summed E-state index contributed by atoms with van der Waals surface area (Å²) < 4.78 is 2.45. The molecule has 0 radical (unpaired) electrons. The Balaban J connectivity index is 2.11. The molecule has 17 heavy (non-hydrogen) atoms. The third kappa shape index (κ3) is 1.84. The van der Waals surface area contributed by atoms with Crippen LogP contribution in [0.1, 0.15) is 31.6 Å². The van der Waals surface area contributed by atoms with Crippen LogP contribution < -0.4 is 5.32 Å². The first-order valence-electron chi connectivity index (χ1n) is 6.56. The van der Waals surface area contributed by atoms with Crippen LogP contribution in [0.3, 0.4) is 0 Å². The molecule has 3 nitrogen and oxygen atoms in total. The Kier molecular flexibility index (Phi) is 2.85. The Morgan fingerprint density at radius 1 is 1.41 bits per heavy atom. The number of hydrogen-bond donors (Lipinski definition) is 1. The molecular weight excluding hydrogens is 210 g/mol. The Morgan fingerprint density at radius 3 is 3.06 bits per heavy atom. The van der Waals surface area contributed by atoms with Gasteiger partial charge in [0, 0.05) is 19.0 Å². The lowest BCUT2D eigenvalue weighted by Crippen LogP contribution is -2.32. The molecule has 0 bridgehead atoms. The van der Waals surface area contributed by atoms with Gasteiger partial charge in [-0.3, -0.25) is 0 Å². The van der Waals surface area contributed by atoms with Crippen molar-refractivity contribution in [1.29, 1.82) is 0 Å². The molecule has 2 aromatic rings. The average molecular weight is 229 g/mol. The number of nitrogens with zero attached hydrogens (tertiary/aromatic N) is 2. The molecule has 90 valence electrons. The lowest BCUT2D eigenvalue weighted by molar-refractivity contribution is 0.371. The molecule has 1 N–H and O–H groups in total. The van der Waals surface area contributed by atoms with Gasteiger partial charge < -0.3 is 9.88 Å². The lowest BCUT2D eigenvalue weighted by atomic mass is 10.1. The maximum Gasteiger partial charge on any atom is 0.109 e. The molecule has 1 aromatic heterocycles. The summed E-state index contributed by atoms with van der Waals surface area (Å²) in [4.78, 5) is 4.74. The van der Waals surface area contributed by atoms with Crippen molar-refractivity contribution in [3.63, 3.8) is 0 Å². The van der Waals surface area contributed by atoms with Gasteiger partial charge >= 0.3 is 0 Å². The molecule has 2 heterocycles. The predicted molar refractivity (Wildman–Crippen MR) is 70.3 cm³/mol. The number of para-hydroxylation sites is 2. The third-order valence-electron chi connectivity index (χ3n) is 3.62. The summed E-state index contributed by atoms with van der Waals surface area (Å²) in [5.41, 5.74) is 2.42. The second-order valence-corrected chi connectivity index (χ2v) is 4.74. The SMILES string of the molecule is CCc1nc2ccccc2n1[C@H]1CCCNC1. The molecule has 3 heteroatoms. The summed E-state index contributed by atoms with van der Waals surface area (Å²) in [5.74, 6) is 1.22. The standard InChI is InChI=1S/C14H19N3/c1-2-14-16-12-7-3-4-8-13(12)17(14)11-6-5-9-15-10-11/h3-4,7-8,11,15H,2,5-6,9-10H2,1H3/t11-/m0/s1. The van der Waals surface area contributed by atoms with E-state index in [0.717, 1.165) is 25.0 Å². The van der Waals surface area contributed by atoms with Gasteiger partial charge in [0.1, 0.15) is 5.82 Å². The van der Waals surface area contributed by atoms with Gasteiger partial charge in [0.15, 0.2) is 0 Å². The highest BCUT2D eigenvalue weighted by molar-refractivity contribution is 5.76. The molecule has 1 saturated heterocycles. The first-order chi connectivity index (χ1) is 8.40. The van der Waals surface area contributed by atoms with Gasteiger partial charge in [-0.05, 0) is 31.5 Å². The number of aromatic nitrogens is 2. The zero-order valence-corrected chi connectivity index (χ0v) is 10.3. The number of fused-ring (bicyclic) bond motifs is 1. The zero-order valence-electron chi connectivity index (χ0n) is 10.3. The van der Waals surface area contributed by atoms with Gasteiger partial charge in [-0.1, -0.05) is 19.1 Å². The first kappa shape index (κ1) is 10.8. The van der Waals surface area contributed by atoms with E-state index in [2.05, 4.69) is 41.1 Å². The number of imidazole rings is 1. The molecule has 0 saturated carbocycles. The third-order valence-corrected chi connectivity index (χ3v) is 3.62. The van der Waals surface area contributed by atoms with E-state index >= 15 is 0 Å². The number of piperidine rings is 1. The van der Waals surface area contributed by atoms with Gasteiger partial charge in [0.05, 0.1) is 11.0 Å². The van der Waals surface area contributed by atoms with Crippen molar-refractivity contribution in [1.82, 2.24) is 14.9 Å². The monoisotopic (exact) mass is 229 g/mol. The quantitative estimate of drug-likeness (QED) is 0.857. The fourth-order valence-corrected chi connectivity index (χ4v) is 2.81. The molecule has 1 fully saturated rings. The fraction of sp³-hybridized carbons (Fsp3) is 0.500. The summed E-state index contributed by atoms with van der Waals surface area (Å²) in [6, 6.07) is 9.05. The van der Waals surface area contributed by atoms with Crippen LogP contribution in [-0.2, 0) is 6.42 Å². The van der Waals surface area contributed by atoms with Crippen molar-refractivity contribution < 1.29 is 0 Å². The van der Waals surface area contributed by atoms with Crippen molar-refractivity contribution in [2.75, 3.05) is 13.1 Å². The maximum atomic E-state index is 4.74. The van der Waals surface area contributed by atoms with E-state index < -0.39 is 0 Å². The van der Waals surface area contributed by atoms with Crippen LogP contribution >= 0.6 is 0 Å². The van der Waals surface area contributed by atoms with E-state index in [1.807, 2.05) is 0 Å². The van der Waals surface area contributed by atoms with Gasteiger partial charge in [-0.25, -0.2) is 4.98 Å². The lowest BCUT2D eigenvalue weighted by Gasteiger charge is -2.26. The number of hydrogen-bond acceptors (Lipinski definition) is 2. The van der Waals surface area contributed by atoms with Crippen molar-refractivity contribution in [3.8, 4) is 0 Å². The highest BCUT2D eigenvalue weighted by Gasteiger charge is 2.19. The largest absolute Gasteiger partial charge is 0.324 e. The van der Waals surface area contributed by atoms with E-state index in [4.69, 9.17) is 4.98 Å². The minimum Gasteiger partial charge on any atom is -0.324 e. The fourth-order valence-electron chi connectivity index (χ4n) is 2.81. The van der Waals surface area contributed by atoms with Crippen LogP contribution in [-0.4, -0.2) is 22.6 Å². The van der Waals surface area contributed by atoms with Gasteiger partial charge in [-0.15, -0.1) is 0 Å². The molecule has 1 aliphatic heterocycles. The van der Waals surface area contributed by atoms with E-state index in [0.29, 0.717) is 6.04 Å². The zero-order chi connectivity index (χ0) is 11.7. The molecule has 1 aliphatic rings. The van der Waals surface area contributed by atoms with Crippen molar-refractivity contribution in [3.05, 3.63) is 30.1 Å². The minimum absolute atomic E-state index is 0.575. The number of benzene rings is 1. The summed E-state index contributed by atoms with van der Waals surface area (Å²) >= 11 is 0. The summed E-state index contributed by atoms with van der Waals surface area (Å²) in [5, 5.41) is 3.49. The molecule has 3 rings (SSSR count). The second-order valence-electron chi connectivity index (χ2n) is 4.74. The predicted octanol–water partition coefficient (Wildman–Crippen LogP) is 2.52. The molecule has 1 atom stereocenters. The number of nitrogens with one attached hydrogen (secondary N) is 1. The number of aryl methyl sites for hydroxylation is 1. The van der Waals surface area contributed by atoms with E-state index in [1.54, 1.807) is 0 Å².